The van der Waals surface area contributed by atoms with Crippen LogP contribution < -0.4 is 14.8 Å². The molecule has 0 spiro atoms. The largest absolute Gasteiger partial charge is 0.492 e. The molecular weight excluding hydrogens is 326 g/mol. The number of amides is 1. The molecule has 128 valence electrons. The fourth-order valence-corrected chi connectivity index (χ4v) is 2.66. The Balaban J connectivity index is 2.06. The fraction of sp³-hybridized carbons (Fsp3) is 0.353. The standard InChI is InChI=1S/C17H21N3O3S/c1-4-22-13-7-6-8-14(23-5-2)16(13)20-15(21)11-24-17-18-10-9-12(3)19-17/h6-10H,4-5,11H2,1-3H3,(H,20,21). The van der Waals surface area contributed by atoms with Gasteiger partial charge in [0.15, 0.2) is 5.16 Å². The average molecular weight is 347 g/mol. The molecule has 0 aliphatic rings. The van der Waals surface area contributed by atoms with Crippen molar-refractivity contribution in [2.24, 2.45) is 0 Å². The lowest BCUT2D eigenvalue weighted by atomic mass is 10.2. The van der Waals surface area contributed by atoms with Crippen LogP contribution in [0, 0.1) is 6.92 Å². The molecule has 0 saturated carbocycles. The number of anilines is 1. The number of hydrogen-bond acceptors (Lipinski definition) is 6. The summed E-state index contributed by atoms with van der Waals surface area (Å²) in [5.41, 5.74) is 1.42. The molecule has 0 bridgehead atoms. The number of carbonyl (C=O) groups excluding carboxylic acids is 1. The Morgan fingerprint density at radius 3 is 2.42 bits per heavy atom. The molecule has 24 heavy (non-hydrogen) atoms. The summed E-state index contributed by atoms with van der Waals surface area (Å²) in [6, 6.07) is 7.26. The number of nitrogens with zero attached hydrogens (tertiary/aromatic N) is 2. The Labute approximate surface area is 146 Å². The van der Waals surface area contributed by atoms with E-state index in [-0.39, 0.29) is 11.7 Å². The molecule has 1 heterocycles. The van der Waals surface area contributed by atoms with Gasteiger partial charge in [-0.1, -0.05) is 17.8 Å². The highest BCUT2D eigenvalue weighted by Crippen LogP contribution is 2.34. The molecule has 0 fully saturated rings. The zero-order valence-corrected chi connectivity index (χ0v) is 14.9. The van der Waals surface area contributed by atoms with Crippen molar-refractivity contribution in [3.8, 4) is 11.5 Å². The summed E-state index contributed by atoms with van der Waals surface area (Å²) in [5, 5.41) is 3.45. The van der Waals surface area contributed by atoms with Crippen LogP contribution >= 0.6 is 11.8 Å². The predicted octanol–water partition coefficient (Wildman–Crippen LogP) is 3.31. The molecule has 0 saturated heterocycles. The van der Waals surface area contributed by atoms with E-state index in [1.807, 2.05) is 32.9 Å². The first-order valence-corrected chi connectivity index (χ1v) is 8.73. The van der Waals surface area contributed by atoms with Gasteiger partial charge in [0, 0.05) is 11.9 Å². The van der Waals surface area contributed by atoms with E-state index in [1.54, 1.807) is 18.3 Å². The van der Waals surface area contributed by atoms with Crippen molar-refractivity contribution in [1.82, 2.24) is 9.97 Å². The topological polar surface area (TPSA) is 73.3 Å². The Hall–Kier alpha value is -2.28. The third-order valence-electron chi connectivity index (χ3n) is 2.96. The minimum absolute atomic E-state index is 0.168. The molecule has 0 unspecified atom stereocenters. The summed E-state index contributed by atoms with van der Waals surface area (Å²) in [6.45, 7) is 6.68. The van der Waals surface area contributed by atoms with Gasteiger partial charge >= 0.3 is 0 Å². The predicted molar refractivity (Wildman–Crippen MR) is 94.9 cm³/mol. The first-order valence-electron chi connectivity index (χ1n) is 7.75. The second-order valence-corrected chi connectivity index (χ2v) is 5.76. The summed E-state index contributed by atoms with van der Waals surface area (Å²) in [7, 11) is 0. The summed E-state index contributed by atoms with van der Waals surface area (Å²) in [5.74, 6) is 1.22. The molecule has 0 atom stereocenters. The number of nitrogens with one attached hydrogen (secondary N) is 1. The van der Waals surface area contributed by atoms with Gasteiger partial charge in [0.05, 0.1) is 19.0 Å². The third-order valence-corrected chi connectivity index (χ3v) is 3.82. The summed E-state index contributed by atoms with van der Waals surface area (Å²) in [6.07, 6.45) is 1.68. The van der Waals surface area contributed by atoms with E-state index in [2.05, 4.69) is 15.3 Å². The van der Waals surface area contributed by atoms with Crippen LogP contribution in [0.5, 0.6) is 11.5 Å². The van der Waals surface area contributed by atoms with Crippen LogP contribution in [-0.2, 0) is 4.79 Å². The lowest BCUT2D eigenvalue weighted by Gasteiger charge is -2.15. The number of carbonyl (C=O) groups is 1. The van der Waals surface area contributed by atoms with Crippen molar-refractivity contribution in [3.63, 3.8) is 0 Å². The van der Waals surface area contributed by atoms with Crippen LogP contribution in [0.15, 0.2) is 35.6 Å². The zero-order valence-electron chi connectivity index (χ0n) is 14.0. The molecule has 7 heteroatoms. The number of benzene rings is 1. The first-order chi connectivity index (χ1) is 11.6. The fourth-order valence-electron chi connectivity index (χ4n) is 1.99. The first kappa shape index (κ1) is 18.1. The average Bonchev–Trinajstić information content (AvgIpc) is 2.56. The van der Waals surface area contributed by atoms with E-state index in [4.69, 9.17) is 9.47 Å². The van der Waals surface area contributed by atoms with Gasteiger partial charge in [0.2, 0.25) is 5.91 Å². The summed E-state index contributed by atoms with van der Waals surface area (Å²) >= 11 is 1.28. The maximum atomic E-state index is 12.3. The SMILES string of the molecule is CCOc1cccc(OCC)c1NC(=O)CSc1nccc(C)n1. The van der Waals surface area contributed by atoms with Gasteiger partial charge in [-0.25, -0.2) is 9.97 Å². The highest BCUT2D eigenvalue weighted by molar-refractivity contribution is 7.99. The van der Waals surface area contributed by atoms with Gasteiger partial charge in [-0.15, -0.1) is 0 Å². The van der Waals surface area contributed by atoms with Crippen molar-refractivity contribution in [2.75, 3.05) is 24.3 Å². The molecule has 1 amide bonds. The van der Waals surface area contributed by atoms with Gasteiger partial charge in [-0.05, 0) is 39.0 Å². The molecule has 0 radical (unpaired) electrons. The third kappa shape index (κ3) is 5.13. The normalized spacial score (nSPS) is 10.3. The summed E-state index contributed by atoms with van der Waals surface area (Å²) < 4.78 is 11.2. The van der Waals surface area contributed by atoms with E-state index >= 15 is 0 Å². The van der Waals surface area contributed by atoms with Gasteiger partial charge < -0.3 is 14.8 Å². The highest BCUT2D eigenvalue weighted by Gasteiger charge is 2.14. The number of aromatic nitrogens is 2. The van der Waals surface area contributed by atoms with Crippen LogP contribution in [-0.4, -0.2) is 34.8 Å². The molecule has 1 aromatic carbocycles. The zero-order chi connectivity index (χ0) is 17.4. The van der Waals surface area contributed by atoms with Crippen molar-refractivity contribution in [2.45, 2.75) is 25.9 Å². The molecular formula is C17H21N3O3S. The smallest absolute Gasteiger partial charge is 0.235 e. The number of aryl methyl sites for hydroxylation is 1. The van der Waals surface area contributed by atoms with E-state index in [1.165, 1.54) is 11.8 Å². The minimum atomic E-state index is -0.168. The lowest BCUT2D eigenvalue weighted by Crippen LogP contribution is -2.16. The van der Waals surface area contributed by atoms with Gasteiger partial charge in [-0.2, -0.15) is 0 Å². The highest BCUT2D eigenvalue weighted by atomic mass is 32.2. The van der Waals surface area contributed by atoms with Crippen molar-refractivity contribution < 1.29 is 14.3 Å². The molecule has 6 nitrogen and oxygen atoms in total. The molecule has 0 aliphatic heterocycles. The number of hydrogen-bond donors (Lipinski definition) is 1. The van der Waals surface area contributed by atoms with Crippen LogP contribution in [0.3, 0.4) is 0 Å². The maximum absolute atomic E-state index is 12.3. The quantitative estimate of drug-likeness (QED) is 0.583. The van der Waals surface area contributed by atoms with Gasteiger partial charge in [0.25, 0.3) is 0 Å². The van der Waals surface area contributed by atoms with E-state index in [0.29, 0.717) is 35.6 Å². The molecule has 1 aromatic heterocycles. The van der Waals surface area contributed by atoms with Crippen molar-refractivity contribution in [1.29, 1.82) is 0 Å². The minimum Gasteiger partial charge on any atom is -0.492 e. The van der Waals surface area contributed by atoms with Crippen molar-refractivity contribution >= 4 is 23.4 Å². The molecule has 0 aliphatic carbocycles. The van der Waals surface area contributed by atoms with Gasteiger partial charge in [-0.3, -0.25) is 4.79 Å². The number of thioether (sulfide) groups is 1. The Bertz CT molecular complexity index is 670. The van der Waals surface area contributed by atoms with Crippen LogP contribution in [0.2, 0.25) is 0 Å². The molecule has 2 aromatic rings. The second kappa shape index (κ2) is 9.12. The second-order valence-electron chi connectivity index (χ2n) is 4.81. The Morgan fingerprint density at radius 1 is 1.17 bits per heavy atom. The Morgan fingerprint density at radius 2 is 1.83 bits per heavy atom. The molecule has 2 rings (SSSR count). The number of rotatable bonds is 8. The van der Waals surface area contributed by atoms with Gasteiger partial charge in [0.1, 0.15) is 17.2 Å². The monoisotopic (exact) mass is 347 g/mol. The van der Waals surface area contributed by atoms with Crippen LogP contribution in [0.4, 0.5) is 5.69 Å². The summed E-state index contributed by atoms with van der Waals surface area (Å²) in [4.78, 5) is 20.7. The van der Waals surface area contributed by atoms with E-state index in [0.717, 1.165) is 5.69 Å². The van der Waals surface area contributed by atoms with E-state index in [9.17, 15) is 4.79 Å². The Kier molecular flexibility index (Phi) is 6.87. The number of para-hydroxylation sites is 1. The van der Waals surface area contributed by atoms with Crippen molar-refractivity contribution in [3.05, 3.63) is 36.2 Å². The van der Waals surface area contributed by atoms with Crippen LogP contribution in [0.1, 0.15) is 19.5 Å². The molecule has 1 N–H and O–H groups in total. The lowest BCUT2D eigenvalue weighted by molar-refractivity contribution is -0.113. The van der Waals surface area contributed by atoms with E-state index < -0.39 is 0 Å². The van der Waals surface area contributed by atoms with Crippen LogP contribution in [0.25, 0.3) is 0 Å². The number of ether oxygens (including phenoxy) is 2. The maximum Gasteiger partial charge on any atom is 0.235 e.